The fourth-order valence-electron chi connectivity index (χ4n) is 0.486. The molecule has 0 aliphatic heterocycles. The van der Waals surface area contributed by atoms with E-state index in [-0.39, 0.29) is 24.9 Å². The van der Waals surface area contributed by atoms with E-state index >= 15 is 0 Å². The molecule has 0 rings (SSSR count). The first-order valence-electron chi connectivity index (χ1n) is 3.32. The number of Topliss-reactive ketones (excluding diaryl/α,β-unsaturated/α-hetero) is 1. The fourth-order valence-corrected chi connectivity index (χ4v) is 0.486. The lowest BCUT2D eigenvalue weighted by molar-refractivity contribution is -0.148. The molecule has 0 fully saturated rings. The Hall–Kier alpha value is -0.900. The first-order valence-corrected chi connectivity index (χ1v) is 3.32. The molecule has 0 aliphatic rings. The van der Waals surface area contributed by atoms with E-state index in [1.54, 1.807) is 19.0 Å². The highest BCUT2D eigenvalue weighted by Crippen LogP contribution is 1.82. The number of ketones is 1. The summed E-state index contributed by atoms with van der Waals surface area (Å²) in [6.45, 7) is 1.48. The number of esters is 1. The lowest BCUT2D eigenvalue weighted by Gasteiger charge is -2.07. The van der Waals surface area contributed by atoms with Crippen LogP contribution in [0, 0.1) is 0 Å². The lowest BCUT2D eigenvalue weighted by atomic mass is 10.5. The average molecular weight is 159 g/mol. The van der Waals surface area contributed by atoms with Gasteiger partial charge in [0.15, 0.2) is 5.78 Å². The first-order chi connectivity index (χ1) is 5.02. The van der Waals surface area contributed by atoms with E-state index in [2.05, 4.69) is 4.74 Å². The van der Waals surface area contributed by atoms with Crippen molar-refractivity contribution in [2.45, 2.75) is 6.92 Å². The molecule has 4 nitrogen and oxygen atoms in total. The Kier molecular flexibility index (Phi) is 4.45. The highest BCUT2D eigenvalue weighted by atomic mass is 16.5. The van der Waals surface area contributed by atoms with Gasteiger partial charge in [0.05, 0.1) is 6.54 Å². The van der Waals surface area contributed by atoms with Crippen molar-refractivity contribution in [1.82, 2.24) is 4.90 Å². The van der Waals surface area contributed by atoms with Crippen molar-refractivity contribution in [3.05, 3.63) is 0 Å². The van der Waals surface area contributed by atoms with Gasteiger partial charge in [-0.25, -0.2) is 0 Å². The highest BCUT2D eigenvalue weighted by Gasteiger charge is 2.04. The average Bonchev–Trinajstić information content (AvgIpc) is 1.82. The van der Waals surface area contributed by atoms with Crippen LogP contribution in [0.1, 0.15) is 6.92 Å². The molecule has 0 heterocycles. The topological polar surface area (TPSA) is 46.6 Å². The van der Waals surface area contributed by atoms with Gasteiger partial charge in [-0.05, 0) is 21.0 Å². The van der Waals surface area contributed by atoms with Gasteiger partial charge < -0.3 is 4.74 Å². The van der Waals surface area contributed by atoms with Crippen LogP contribution in [0.3, 0.4) is 0 Å². The molecular formula is C7H13NO3. The maximum absolute atomic E-state index is 10.7. The summed E-state index contributed by atoms with van der Waals surface area (Å²) in [5.41, 5.74) is 0. The second-order valence-electron chi connectivity index (χ2n) is 2.60. The van der Waals surface area contributed by atoms with Crippen LogP contribution in [0.4, 0.5) is 0 Å². The number of rotatable bonds is 4. The minimum absolute atomic E-state index is 0.118. The SMILES string of the molecule is CC(=O)COC(=O)CN(C)C. The van der Waals surface area contributed by atoms with Crippen LogP contribution >= 0.6 is 0 Å². The second-order valence-corrected chi connectivity index (χ2v) is 2.60. The zero-order chi connectivity index (χ0) is 8.85. The molecule has 0 aromatic carbocycles. The molecule has 0 spiro atoms. The normalized spacial score (nSPS) is 9.82. The Morgan fingerprint density at radius 2 is 1.91 bits per heavy atom. The van der Waals surface area contributed by atoms with Crippen molar-refractivity contribution in [3.63, 3.8) is 0 Å². The maximum atomic E-state index is 10.7. The summed E-state index contributed by atoms with van der Waals surface area (Å²) < 4.78 is 4.58. The number of carbonyl (C=O) groups excluding carboxylic acids is 2. The van der Waals surface area contributed by atoms with Crippen LogP contribution in [0.5, 0.6) is 0 Å². The van der Waals surface area contributed by atoms with Gasteiger partial charge in [-0.3, -0.25) is 14.5 Å². The monoisotopic (exact) mass is 159 g/mol. The lowest BCUT2D eigenvalue weighted by Crippen LogP contribution is -2.24. The third-order valence-corrected chi connectivity index (χ3v) is 0.882. The van der Waals surface area contributed by atoms with Crippen molar-refractivity contribution in [3.8, 4) is 0 Å². The third kappa shape index (κ3) is 6.99. The summed E-state index contributed by atoms with van der Waals surface area (Å²) >= 11 is 0. The zero-order valence-corrected chi connectivity index (χ0v) is 7.09. The molecule has 0 radical (unpaired) electrons. The van der Waals surface area contributed by atoms with Gasteiger partial charge >= 0.3 is 5.97 Å². The van der Waals surface area contributed by atoms with E-state index in [0.717, 1.165) is 0 Å². The molecule has 4 heteroatoms. The van der Waals surface area contributed by atoms with Gasteiger partial charge in [-0.2, -0.15) is 0 Å². The summed E-state index contributed by atoms with van der Waals surface area (Å²) in [5, 5.41) is 0. The Labute approximate surface area is 66.1 Å². The van der Waals surface area contributed by atoms with Gasteiger partial charge in [-0.15, -0.1) is 0 Å². The minimum atomic E-state index is -0.370. The molecule has 0 atom stereocenters. The molecule has 0 saturated carbocycles. The Bertz CT molecular complexity index is 154. The predicted molar refractivity (Wildman–Crippen MR) is 40.2 cm³/mol. The van der Waals surface area contributed by atoms with Crippen LogP contribution < -0.4 is 0 Å². The van der Waals surface area contributed by atoms with Crippen molar-refractivity contribution >= 4 is 11.8 Å². The van der Waals surface area contributed by atoms with E-state index in [1.807, 2.05) is 0 Å². The van der Waals surface area contributed by atoms with E-state index in [0.29, 0.717) is 0 Å². The second kappa shape index (κ2) is 4.85. The Balaban J connectivity index is 3.45. The largest absolute Gasteiger partial charge is 0.457 e. The van der Waals surface area contributed by atoms with Crippen LogP contribution in [0.25, 0.3) is 0 Å². The zero-order valence-electron chi connectivity index (χ0n) is 7.09. The Morgan fingerprint density at radius 1 is 1.36 bits per heavy atom. The highest BCUT2D eigenvalue weighted by molar-refractivity contribution is 5.80. The Morgan fingerprint density at radius 3 is 2.27 bits per heavy atom. The van der Waals surface area contributed by atoms with Gasteiger partial charge in [0, 0.05) is 0 Å². The van der Waals surface area contributed by atoms with Crippen LogP contribution in [-0.2, 0) is 14.3 Å². The fraction of sp³-hybridized carbons (Fsp3) is 0.714. The predicted octanol–water partition coefficient (Wildman–Crippen LogP) is -0.320. The molecule has 0 bridgehead atoms. The smallest absolute Gasteiger partial charge is 0.320 e. The molecule has 0 unspecified atom stereocenters. The van der Waals surface area contributed by atoms with E-state index in [1.165, 1.54) is 6.92 Å². The van der Waals surface area contributed by atoms with Crippen LogP contribution in [-0.4, -0.2) is 43.9 Å². The van der Waals surface area contributed by atoms with Crippen molar-refractivity contribution in [1.29, 1.82) is 0 Å². The molecule has 0 saturated heterocycles. The number of hydrogen-bond donors (Lipinski definition) is 0. The van der Waals surface area contributed by atoms with E-state index in [9.17, 15) is 9.59 Å². The van der Waals surface area contributed by atoms with Gasteiger partial charge in [0.2, 0.25) is 0 Å². The quantitative estimate of drug-likeness (QED) is 0.527. The number of nitrogens with zero attached hydrogens (tertiary/aromatic N) is 1. The van der Waals surface area contributed by atoms with Gasteiger partial charge in [-0.1, -0.05) is 0 Å². The number of ether oxygens (including phenoxy) is 1. The molecule has 0 amide bonds. The first kappa shape index (κ1) is 10.1. The molecular weight excluding hydrogens is 146 g/mol. The summed E-state index contributed by atoms with van der Waals surface area (Å²) in [5.74, 6) is -0.512. The number of hydrogen-bond acceptors (Lipinski definition) is 4. The number of likely N-dealkylation sites (N-methyl/N-ethyl adjacent to an activating group) is 1. The molecule has 64 valence electrons. The summed E-state index contributed by atoms with van der Waals surface area (Å²) in [6, 6.07) is 0. The molecule has 0 aromatic heterocycles. The van der Waals surface area contributed by atoms with Gasteiger partial charge in [0.1, 0.15) is 6.61 Å². The summed E-state index contributed by atoms with van der Waals surface area (Å²) in [6.07, 6.45) is 0. The summed E-state index contributed by atoms with van der Waals surface area (Å²) in [7, 11) is 3.52. The van der Waals surface area contributed by atoms with Crippen LogP contribution in [0.15, 0.2) is 0 Å². The third-order valence-electron chi connectivity index (χ3n) is 0.882. The van der Waals surface area contributed by atoms with E-state index < -0.39 is 0 Å². The van der Waals surface area contributed by atoms with Crippen LogP contribution in [0.2, 0.25) is 0 Å². The molecule has 0 aliphatic carbocycles. The van der Waals surface area contributed by atoms with Crippen molar-refractivity contribution in [2.24, 2.45) is 0 Å². The molecule has 11 heavy (non-hydrogen) atoms. The molecule has 0 aromatic rings. The van der Waals surface area contributed by atoms with Crippen molar-refractivity contribution in [2.75, 3.05) is 27.2 Å². The maximum Gasteiger partial charge on any atom is 0.320 e. The standard InChI is InChI=1S/C7H13NO3/c1-6(9)5-11-7(10)4-8(2)3/h4-5H2,1-3H3. The molecule has 0 N–H and O–H groups in total. The van der Waals surface area contributed by atoms with E-state index in [4.69, 9.17) is 0 Å². The minimum Gasteiger partial charge on any atom is -0.457 e. The summed E-state index contributed by atoms with van der Waals surface area (Å²) in [4.78, 5) is 22.8. The number of carbonyl (C=O) groups is 2. The van der Waals surface area contributed by atoms with Crippen molar-refractivity contribution < 1.29 is 14.3 Å². The van der Waals surface area contributed by atoms with Gasteiger partial charge in [0.25, 0.3) is 0 Å².